The summed E-state index contributed by atoms with van der Waals surface area (Å²) >= 11 is 3.32. The number of hydrogen-bond acceptors (Lipinski definition) is 3. The van der Waals surface area contributed by atoms with Crippen molar-refractivity contribution in [2.45, 2.75) is 19.5 Å². The standard InChI is InChI=1S/C19H21BrFN3O2/c20-16-6-7-18(25)24(13-16)14-19(26)23-9-3-8-22(10-11-23)12-15-4-1-2-5-17(15)21/h1-2,4-7,13H,3,8-12,14H2. The highest BCUT2D eigenvalue weighted by molar-refractivity contribution is 9.10. The van der Waals surface area contributed by atoms with Crippen LogP contribution in [0.2, 0.25) is 0 Å². The number of amides is 1. The van der Waals surface area contributed by atoms with Gasteiger partial charge in [-0.15, -0.1) is 0 Å². The first-order valence-corrected chi connectivity index (χ1v) is 9.42. The van der Waals surface area contributed by atoms with Gasteiger partial charge in [0.1, 0.15) is 12.4 Å². The molecule has 0 bridgehead atoms. The lowest BCUT2D eigenvalue weighted by Crippen LogP contribution is -2.38. The van der Waals surface area contributed by atoms with Crippen LogP contribution < -0.4 is 5.56 Å². The number of pyridine rings is 1. The summed E-state index contributed by atoms with van der Waals surface area (Å²) in [6, 6.07) is 9.89. The van der Waals surface area contributed by atoms with Gasteiger partial charge in [0, 0.05) is 55.0 Å². The minimum atomic E-state index is -0.197. The normalized spacial score (nSPS) is 15.7. The van der Waals surface area contributed by atoms with E-state index < -0.39 is 0 Å². The number of carbonyl (C=O) groups excluding carboxylic acids is 1. The maximum Gasteiger partial charge on any atom is 0.251 e. The zero-order chi connectivity index (χ0) is 18.5. The Kier molecular flexibility index (Phi) is 6.21. The second-order valence-corrected chi connectivity index (χ2v) is 7.33. The first-order valence-electron chi connectivity index (χ1n) is 8.62. The minimum Gasteiger partial charge on any atom is -0.340 e. The van der Waals surface area contributed by atoms with E-state index in [4.69, 9.17) is 0 Å². The molecular weight excluding hydrogens is 401 g/mol. The summed E-state index contributed by atoms with van der Waals surface area (Å²) in [7, 11) is 0. The van der Waals surface area contributed by atoms with E-state index in [-0.39, 0.29) is 23.8 Å². The third-order valence-electron chi connectivity index (χ3n) is 4.55. The Labute approximate surface area is 160 Å². The molecule has 0 N–H and O–H groups in total. The Morgan fingerprint density at radius 2 is 1.88 bits per heavy atom. The molecule has 26 heavy (non-hydrogen) atoms. The molecule has 0 spiro atoms. The number of halogens is 2. The molecule has 1 aliphatic heterocycles. The summed E-state index contributed by atoms with van der Waals surface area (Å²) in [5.41, 5.74) is 0.477. The molecule has 0 saturated carbocycles. The van der Waals surface area contributed by atoms with Gasteiger partial charge in [-0.2, -0.15) is 0 Å². The van der Waals surface area contributed by atoms with Crippen molar-refractivity contribution in [3.63, 3.8) is 0 Å². The number of hydrogen-bond donors (Lipinski definition) is 0. The van der Waals surface area contributed by atoms with Gasteiger partial charge >= 0.3 is 0 Å². The molecule has 0 radical (unpaired) electrons. The third-order valence-corrected chi connectivity index (χ3v) is 5.02. The van der Waals surface area contributed by atoms with Gasteiger partial charge in [-0.3, -0.25) is 14.5 Å². The summed E-state index contributed by atoms with van der Waals surface area (Å²) in [6.45, 7) is 3.30. The van der Waals surface area contributed by atoms with Crippen molar-refractivity contribution < 1.29 is 9.18 Å². The molecule has 1 amide bonds. The van der Waals surface area contributed by atoms with Crippen LogP contribution in [0.4, 0.5) is 4.39 Å². The molecule has 3 rings (SSSR count). The zero-order valence-electron chi connectivity index (χ0n) is 14.4. The van der Waals surface area contributed by atoms with Crippen LogP contribution in [0.15, 0.2) is 51.9 Å². The van der Waals surface area contributed by atoms with Crippen molar-refractivity contribution in [3.8, 4) is 0 Å². The summed E-state index contributed by atoms with van der Waals surface area (Å²) in [5, 5.41) is 0. The van der Waals surface area contributed by atoms with Crippen LogP contribution in [0.3, 0.4) is 0 Å². The van der Waals surface area contributed by atoms with E-state index >= 15 is 0 Å². The van der Waals surface area contributed by atoms with E-state index in [1.165, 1.54) is 16.7 Å². The van der Waals surface area contributed by atoms with Gasteiger partial charge in [-0.1, -0.05) is 18.2 Å². The molecule has 1 fully saturated rings. The lowest BCUT2D eigenvalue weighted by molar-refractivity contribution is -0.131. The van der Waals surface area contributed by atoms with Crippen LogP contribution in [0.5, 0.6) is 0 Å². The van der Waals surface area contributed by atoms with E-state index in [2.05, 4.69) is 20.8 Å². The van der Waals surface area contributed by atoms with Gasteiger partial charge in [-0.05, 0) is 34.5 Å². The third kappa shape index (κ3) is 4.80. The zero-order valence-corrected chi connectivity index (χ0v) is 16.0. The molecule has 0 aliphatic carbocycles. The maximum atomic E-state index is 13.8. The molecule has 0 atom stereocenters. The molecule has 1 aromatic carbocycles. The highest BCUT2D eigenvalue weighted by Crippen LogP contribution is 2.13. The molecule has 7 heteroatoms. The van der Waals surface area contributed by atoms with Crippen LogP contribution in [0.1, 0.15) is 12.0 Å². The van der Waals surface area contributed by atoms with Gasteiger partial charge in [0.2, 0.25) is 5.91 Å². The average Bonchev–Trinajstić information content (AvgIpc) is 2.86. The highest BCUT2D eigenvalue weighted by atomic mass is 79.9. The fourth-order valence-corrected chi connectivity index (χ4v) is 3.50. The second kappa shape index (κ2) is 8.60. The van der Waals surface area contributed by atoms with Crippen molar-refractivity contribution in [2.24, 2.45) is 0 Å². The Hall–Kier alpha value is -1.99. The molecule has 2 aromatic rings. The summed E-state index contributed by atoms with van der Waals surface area (Å²) in [6.07, 6.45) is 2.45. The summed E-state index contributed by atoms with van der Waals surface area (Å²) < 4.78 is 16.0. The summed E-state index contributed by atoms with van der Waals surface area (Å²) in [5.74, 6) is -0.267. The molecule has 5 nitrogen and oxygen atoms in total. The van der Waals surface area contributed by atoms with Crippen molar-refractivity contribution in [1.82, 2.24) is 14.4 Å². The molecule has 2 heterocycles. The monoisotopic (exact) mass is 421 g/mol. The molecule has 0 unspecified atom stereocenters. The lowest BCUT2D eigenvalue weighted by atomic mass is 10.2. The van der Waals surface area contributed by atoms with Crippen LogP contribution in [-0.4, -0.2) is 46.5 Å². The van der Waals surface area contributed by atoms with E-state index in [1.54, 1.807) is 29.3 Å². The van der Waals surface area contributed by atoms with Crippen LogP contribution in [-0.2, 0) is 17.9 Å². The SMILES string of the molecule is O=C(Cn1cc(Br)ccc1=O)N1CCCN(Cc2ccccc2F)CC1. The number of nitrogens with zero attached hydrogens (tertiary/aromatic N) is 3. The van der Waals surface area contributed by atoms with Crippen molar-refractivity contribution >= 4 is 21.8 Å². The first kappa shape index (κ1) is 18.8. The molecular formula is C19H21BrFN3O2. The number of carbonyl (C=O) groups is 1. The van der Waals surface area contributed by atoms with E-state index in [1.807, 2.05) is 6.07 Å². The van der Waals surface area contributed by atoms with Crippen molar-refractivity contribution in [1.29, 1.82) is 0 Å². The van der Waals surface area contributed by atoms with Gasteiger partial charge < -0.3 is 9.47 Å². The predicted molar refractivity (Wildman–Crippen MR) is 101 cm³/mol. The fourth-order valence-electron chi connectivity index (χ4n) is 3.12. The topological polar surface area (TPSA) is 45.6 Å². The van der Waals surface area contributed by atoms with Crippen LogP contribution in [0, 0.1) is 5.82 Å². The number of aromatic nitrogens is 1. The van der Waals surface area contributed by atoms with Crippen molar-refractivity contribution in [3.05, 3.63) is 68.8 Å². The quantitative estimate of drug-likeness (QED) is 0.761. The van der Waals surface area contributed by atoms with E-state index in [9.17, 15) is 14.0 Å². The summed E-state index contributed by atoms with van der Waals surface area (Å²) in [4.78, 5) is 28.4. The van der Waals surface area contributed by atoms with Crippen LogP contribution >= 0.6 is 15.9 Å². The lowest BCUT2D eigenvalue weighted by Gasteiger charge is -2.22. The van der Waals surface area contributed by atoms with Gasteiger partial charge in [0.25, 0.3) is 5.56 Å². The van der Waals surface area contributed by atoms with E-state index in [0.717, 1.165) is 17.4 Å². The van der Waals surface area contributed by atoms with Crippen LogP contribution in [0.25, 0.3) is 0 Å². The van der Waals surface area contributed by atoms with Gasteiger partial charge in [0.15, 0.2) is 0 Å². The second-order valence-electron chi connectivity index (χ2n) is 6.42. The van der Waals surface area contributed by atoms with Crippen molar-refractivity contribution in [2.75, 3.05) is 26.2 Å². The predicted octanol–water partition coefficient (Wildman–Crippen LogP) is 2.48. The molecule has 138 valence electrons. The molecule has 1 aromatic heterocycles. The maximum absolute atomic E-state index is 13.8. The molecule has 1 aliphatic rings. The first-order chi connectivity index (χ1) is 12.5. The Balaban J connectivity index is 1.59. The smallest absolute Gasteiger partial charge is 0.251 e. The number of benzene rings is 1. The van der Waals surface area contributed by atoms with Gasteiger partial charge in [-0.25, -0.2) is 4.39 Å². The highest BCUT2D eigenvalue weighted by Gasteiger charge is 2.20. The largest absolute Gasteiger partial charge is 0.340 e. The van der Waals surface area contributed by atoms with E-state index in [0.29, 0.717) is 31.7 Å². The Bertz CT molecular complexity index is 840. The number of rotatable bonds is 4. The van der Waals surface area contributed by atoms with Gasteiger partial charge in [0.05, 0.1) is 0 Å². The Morgan fingerprint density at radius 3 is 2.69 bits per heavy atom. The minimum absolute atomic E-state index is 0.0333. The Morgan fingerprint density at radius 1 is 1.08 bits per heavy atom. The fraction of sp³-hybridized carbons (Fsp3) is 0.368. The average molecular weight is 422 g/mol. The molecule has 1 saturated heterocycles.